The molecule has 2 aromatic carbocycles. The number of benzene rings is 2. The standard InChI is InChI=1S/C22H26FN3O5S/c23-18-10-8-17(9-11-18)13-24-21(27)16-26(15-19-5-4-12-31-19)22(28)14-25-32(29,30)20-6-2-1-3-7-20/h1-3,6-11,19,25H,4-5,12-16H2,(H,24,27)/t19-/m0/s1. The van der Waals surface area contributed by atoms with E-state index >= 15 is 0 Å². The van der Waals surface area contributed by atoms with Crippen molar-refractivity contribution < 1.29 is 27.1 Å². The number of amides is 2. The zero-order chi connectivity index (χ0) is 23.0. The molecular weight excluding hydrogens is 437 g/mol. The molecule has 1 atom stereocenters. The molecule has 8 nitrogen and oxygen atoms in total. The molecule has 0 bridgehead atoms. The van der Waals surface area contributed by atoms with Gasteiger partial charge >= 0.3 is 0 Å². The molecule has 0 spiro atoms. The van der Waals surface area contributed by atoms with Gasteiger partial charge in [0, 0.05) is 19.7 Å². The van der Waals surface area contributed by atoms with Crippen LogP contribution in [0.5, 0.6) is 0 Å². The van der Waals surface area contributed by atoms with Crippen LogP contribution in [0.3, 0.4) is 0 Å². The lowest BCUT2D eigenvalue weighted by molar-refractivity contribution is -0.136. The smallest absolute Gasteiger partial charge is 0.241 e. The number of hydrogen-bond acceptors (Lipinski definition) is 5. The number of rotatable bonds is 10. The molecule has 2 N–H and O–H groups in total. The van der Waals surface area contributed by atoms with E-state index in [4.69, 9.17) is 4.74 Å². The number of halogens is 1. The Morgan fingerprint density at radius 2 is 1.81 bits per heavy atom. The molecule has 0 aromatic heterocycles. The second kappa shape index (κ2) is 11.2. The summed E-state index contributed by atoms with van der Waals surface area (Å²) in [6.45, 7) is 0.240. The maximum atomic E-state index is 13.0. The fraction of sp³-hybridized carbons (Fsp3) is 0.364. The molecule has 0 unspecified atom stereocenters. The van der Waals surface area contributed by atoms with Gasteiger partial charge in [-0.05, 0) is 42.7 Å². The van der Waals surface area contributed by atoms with Gasteiger partial charge in [0.05, 0.1) is 24.1 Å². The van der Waals surface area contributed by atoms with Crippen molar-refractivity contribution in [2.24, 2.45) is 0 Å². The average molecular weight is 464 g/mol. The highest BCUT2D eigenvalue weighted by atomic mass is 32.2. The van der Waals surface area contributed by atoms with E-state index in [1.54, 1.807) is 30.3 Å². The molecule has 0 aliphatic carbocycles. The lowest BCUT2D eigenvalue weighted by Crippen LogP contribution is -2.47. The van der Waals surface area contributed by atoms with Crippen molar-refractivity contribution in [2.45, 2.75) is 30.4 Å². The van der Waals surface area contributed by atoms with E-state index in [9.17, 15) is 22.4 Å². The predicted octanol–water partition coefficient (Wildman–Crippen LogP) is 1.43. The molecule has 1 saturated heterocycles. The third-order valence-electron chi connectivity index (χ3n) is 5.01. The van der Waals surface area contributed by atoms with Crippen molar-refractivity contribution in [3.63, 3.8) is 0 Å². The van der Waals surface area contributed by atoms with Gasteiger partial charge < -0.3 is 15.0 Å². The molecule has 172 valence electrons. The first-order valence-corrected chi connectivity index (χ1v) is 11.8. The Labute approximate surface area is 186 Å². The van der Waals surface area contributed by atoms with Gasteiger partial charge in [0.2, 0.25) is 21.8 Å². The zero-order valence-corrected chi connectivity index (χ0v) is 18.3. The Morgan fingerprint density at radius 3 is 2.47 bits per heavy atom. The van der Waals surface area contributed by atoms with Crippen LogP contribution in [0.25, 0.3) is 0 Å². The van der Waals surface area contributed by atoms with E-state index in [2.05, 4.69) is 10.0 Å². The quantitative estimate of drug-likeness (QED) is 0.555. The number of nitrogens with zero attached hydrogens (tertiary/aromatic N) is 1. The van der Waals surface area contributed by atoms with Gasteiger partial charge in [0.25, 0.3) is 0 Å². The second-order valence-corrected chi connectivity index (χ2v) is 9.22. The molecule has 0 radical (unpaired) electrons. The van der Waals surface area contributed by atoms with Crippen molar-refractivity contribution in [3.8, 4) is 0 Å². The van der Waals surface area contributed by atoms with Crippen LogP contribution in [0.2, 0.25) is 0 Å². The predicted molar refractivity (Wildman–Crippen MR) is 115 cm³/mol. The zero-order valence-electron chi connectivity index (χ0n) is 17.5. The highest BCUT2D eigenvalue weighted by molar-refractivity contribution is 7.89. The van der Waals surface area contributed by atoms with E-state index in [0.29, 0.717) is 12.2 Å². The molecule has 1 heterocycles. The van der Waals surface area contributed by atoms with Crippen molar-refractivity contribution >= 4 is 21.8 Å². The van der Waals surface area contributed by atoms with Crippen LogP contribution in [0.1, 0.15) is 18.4 Å². The van der Waals surface area contributed by atoms with Gasteiger partial charge in [0.1, 0.15) is 5.82 Å². The summed E-state index contributed by atoms with van der Waals surface area (Å²) in [6.07, 6.45) is 1.43. The summed E-state index contributed by atoms with van der Waals surface area (Å²) < 4.78 is 45.7. The summed E-state index contributed by atoms with van der Waals surface area (Å²) in [5, 5.41) is 2.69. The van der Waals surface area contributed by atoms with Crippen LogP contribution in [-0.4, -0.2) is 57.5 Å². The number of nitrogens with one attached hydrogen (secondary N) is 2. The first-order valence-electron chi connectivity index (χ1n) is 10.3. The van der Waals surface area contributed by atoms with Gasteiger partial charge in [-0.25, -0.2) is 17.5 Å². The van der Waals surface area contributed by atoms with Gasteiger partial charge in [0.15, 0.2) is 0 Å². The van der Waals surface area contributed by atoms with Crippen LogP contribution >= 0.6 is 0 Å². The summed E-state index contributed by atoms with van der Waals surface area (Å²) in [6, 6.07) is 13.4. The Morgan fingerprint density at radius 1 is 1.09 bits per heavy atom. The third-order valence-corrected chi connectivity index (χ3v) is 6.42. The molecule has 1 fully saturated rings. The number of ether oxygens (including phenoxy) is 1. The largest absolute Gasteiger partial charge is 0.376 e. The molecule has 32 heavy (non-hydrogen) atoms. The fourth-order valence-electron chi connectivity index (χ4n) is 3.27. The Hall–Kier alpha value is -2.82. The topological polar surface area (TPSA) is 105 Å². The van der Waals surface area contributed by atoms with Crippen molar-refractivity contribution in [3.05, 3.63) is 66.0 Å². The highest BCUT2D eigenvalue weighted by Crippen LogP contribution is 2.14. The Kier molecular flexibility index (Phi) is 8.32. The Bertz CT molecular complexity index is 1010. The van der Waals surface area contributed by atoms with E-state index in [-0.39, 0.29) is 36.5 Å². The van der Waals surface area contributed by atoms with Gasteiger partial charge in [-0.15, -0.1) is 0 Å². The molecule has 0 saturated carbocycles. The van der Waals surface area contributed by atoms with E-state index in [1.807, 2.05) is 0 Å². The molecule has 3 rings (SSSR count). The molecule has 1 aliphatic rings. The van der Waals surface area contributed by atoms with Crippen molar-refractivity contribution in [2.75, 3.05) is 26.2 Å². The lowest BCUT2D eigenvalue weighted by atomic mass is 10.2. The van der Waals surface area contributed by atoms with E-state index in [0.717, 1.165) is 12.8 Å². The van der Waals surface area contributed by atoms with Crippen molar-refractivity contribution in [1.82, 2.24) is 14.9 Å². The maximum absolute atomic E-state index is 13.0. The molecule has 2 amide bonds. The average Bonchev–Trinajstić information content (AvgIpc) is 3.30. The minimum absolute atomic E-state index is 0.0514. The van der Waals surface area contributed by atoms with E-state index in [1.165, 1.54) is 29.2 Å². The number of hydrogen-bond donors (Lipinski definition) is 2. The first kappa shape index (κ1) is 23.8. The van der Waals surface area contributed by atoms with Crippen LogP contribution in [0, 0.1) is 5.82 Å². The van der Waals surface area contributed by atoms with Crippen LogP contribution in [0.15, 0.2) is 59.5 Å². The minimum Gasteiger partial charge on any atom is -0.376 e. The van der Waals surface area contributed by atoms with Gasteiger partial charge in [-0.1, -0.05) is 30.3 Å². The first-order chi connectivity index (χ1) is 15.3. The minimum atomic E-state index is -3.85. The SMILES string of the molecule is O=C(CN(C[C@@H]1CCCO1)C(=O)CNS(=O)(=O)c1ccccc1)NCc1ccc(F)cc1. The van der Waals surface area contributed by atoms with Gasteiger partial charge in [-0.3, -0.25) is 9.59 Å². The second-order valence-electron chi connectivity index (χ2n) is 7.45. The van der Waals surface area contributed by atoms with Crippen molar-refractivity contribution in [1.29, 1.82) is 0 Å². The van der Waals surface area contributed by atoms with Crippen LogP contribution < -0.4 is 10.0 Å². The molecule has 10 heteroatoms. The summed E-state index contributed by atoms with van der Waals surface area (Å²) in [5.41, 5.74) is 0.715. The number of carbonyl (C=O) groups excluding carboxylic acids is 2. The summed E-state index contributed by atoms with van der Waals surface area (Å²) in [7, 11) is -3.85. The summed E-state index contributed by atoms with van der Waals surface area (Å²) in [4.78, 5) is 26.6. The number of sulfonamides is 1. The summed E-state index contributed by atoms with van der Waals surface area (Å²) >= 11 is 0. The van der Waals surface area contributed by atoms with E-state index < -0.39 is 28.4 Å². The van der Waals surface area contributed by atoms with Crippen LogP contribution in [0.4, 0.5) is 4.39 Å². The highest BCUT2D eigenvalue weighted by Gasteiger charge is 2.25. The summed E-state index contributed by atoms with van der Waals surface area (Å²) in [5.74, 6) is -1.31. The lowest BCUT2D eigenvalue weighted by Gasteiger charge is -2.25. The van der Waals surface area contributed by atoms with Crippen LogP contribution in [-0.2, 0) is 30.9 Å². The Balaban J connectivity index is 1.59. The molecule has 1 aliphatic heterocycles. The fourth-order valence-corrected chi connectivity index (χ4v) is 4.27. The normalized spacial score (nSPS) is 16.0. The molecule has 2 aromatic rings. The third kappa shape index (κ3) is 7.11. The number of carbonyl (C=O) groups is 2. The molecular formula is C22H26FN3O5S. The maximum Gasteiger partial charge on any atom is 0.241 e. The monoisotopic (exact) mass is 463 g/mol. The van der Waals surface area contributed by atoms with Gasteiger partial charge in [-0.2, -0.15) is 0 Å².